The molecule has 15 heavy (non-hydrogen) atoms. The molecular formula is C8H9NO6. The first-order valence-electron chi connectivity index (χ1n) is 4.00. The number of dihydropyridines is 1. The number of nitrogens with zero attached hydrogens (tertiary/aromatic N) is 1. The third kappa shape index (κ3) is 3.29. The maximum Gasteiger partial charge on any atom is 0.512 e. The van der Waals surface area contributed by atoms with Crippen LogP contribution in [-0.2, 0) is 9.47 Å². The first kappa shape index (κ1) is 11.0. The zero-order valence-electron chi connectivity index (χ0n) is 7.84. The quantitative estimate of drug-likeness (QED) is 0.641. The summed E-state index contributed by atoms with van der Waals surface area (Å²) in [7, 11) is 0. The standard InChI is InChI=1S/C8H9NO6/c1-8(15-7(12)13)4-2-3-5(9-8)14-6(10)11/h2-3H,4H2,1H3,(H,10,11)(H,12,13). The van der Waals surface area contributed by atoms with Gasteiger partial charge in [0.25, 0.3) is 0 Å². The smallest absolute Gasteiger partial charge is 0.450 e. The summed E-state index contributed by atoms with van der Waals surface area (Å²) in [6.07, 6.45) is 0.0883. The molecule has 82 valence electrons. The van der Waals surface area contributed by atoms with E-state index in [0.29, 0.717) is 0 Å². The fourth-order valence-electron chi connectivity index (χ4n) is 1.09. The highest BCUT2D eigenvalue weighted by Crippen LogP contribution is 2.22. The van der Waals surface area contributed by atoms with Crippen molar-refractivity contribution in [1.29, 1.82) is 0 Å². The highest BCUT2D eigenvalue weighted by molar-refractivity contribution is 5.94. The Hall–Kier alpha value is -2.05. The van der Waals surface area contributed by atoms with Crippen molar-refractivity contribution in [3.05, 3.63) is 12.2 Å². The van der Waals surface area contributed by atoms with Gasteiger partial charge in [0.05, 0.1) is 0 Å². The highest BCUT2D eigenvalue weighted by Gasteiger charge is 2.30. The van der Waals surface area contributed by atoms with E-state index in [2.05, 4.69) is 14.5 Å². The van der Waals surface area contributed by atoms with Gasteiger partial charge in [-0.15, -0.1) is 0 Å². The van der Waals surface area contributed by atoms with Gasteiger partial charge in [0.15, 0.2) is 0 Å². The van der Waals surface area contributed by atoms with E-state index in [1.165, 1.54) is 19.1 Å². The Morgan fingerprint density at radius 2 is 2.13 bits per heavy atom. The minimum atomic E-state index is -1.52. The Morgan fingerprint density at radius 1 is 1.47 bits per heavy atom. The molecule has 1 aliphatic rings. The summed E-state index contributed by atoms with van der Waals surface area (Å²) in [5.74, 6) is -0.197. The lowest BCUT2D eigenvalue weighted by Gasteiger charge is -2.24. The molecule has 1 unspecified atom stereocenters. The second-order valence-corrected chi connectivity index (χ2v) is 2.97. The van der Waals surface area contributed by atoms with E-state index >= 15 is 0 Å². The third-order valence-electron chi connectivity index (χ3n) is 1.60. The molecule has 1 heterocycles. The Balaban J connectivity index is 2.77. The number of aliphatic imine (C=N–C) groups is 1. The van der Waals surface area contributed by atoms with Gasteiger partial charge in [-0.3, -0.25) is 0 Å². The van der Waals surface area contributed by atoms with Crippen molar-refractivity contribution in [2.24, 2.45) is 4.99 Å². The normalized spacial score (nSPS) is 24.2. The molecule has 7 nitrogen and oxygen atoms in total. The summed E-state index contributed by atoms with van der Waals surface area (Å²) >= 11 is 0. The van der Waals surface area contributed by atoms with E-state index in [9.17, 15) is 9.59 Å². The number of hydrogen-bond acceptors (Lipinski definition) is 5. The van der Waals surface area contributed by atoms with E-state index in [1.807, 2.05) is 0 Å². The van der Waals surface area contributed by atoms with Gasteiger partial charge in [-0.05, 0) is 13.0 Å². The van der Waals surface area contributed by atoms with Crippen LogP contribution in [0.2, 0.25) is 0 Å². The van der Waals surface area contributed by atoms with E-state index in [1.54, 1.807) is 0 Å². The van der Waals surface area contributed by atoms with Gasteiger partial charge in [0.2, 0.25) is 11.6 Å². The molecule has 1 aliphatic heterocycles. The molecule has 0 radical (unpaired) electrons. The molecule has 0 aliphatic carbocycles. The number of rotatable bonds is 1. The molecule has 0 aromatic heterocycles. The van der Waals surface area contributed by atoms with E-state index in [0.717, 1.165) is 0 Å². The van der Waals surface area contributed by atoms with Crippen LogP contribution in [0.25, 0.3) is 0 Å². The first-order valence-corrected chi connectivity index (χ1v) is 4.00. The fraction of sp³-hybridized carbons (Fsp3) is 0.375. The molecule has 0 bridgehead atoms. The van der Waals surface area contributed by atoms with Crippen LogP contribution in [0.5, 0.6) is 0 Å². The van der Waals surface area contributed by atoms with Gasteiger partial charge in [-0.1, -0.05) is 6.08 Å². The average molecular weight is 215 g/mol. The molecule has 0 aromatic carbocycles. The van der Waals surface area contributed by atoms with Crippen molar-refractivity contribution >= 4 is 18.2 Å². The van der Waals surface area contributed by atoms with Crippen LogP contribution in [0.4, 0.5) is 9.59 Å². The van der Waals surface area contributed by atoms with Crippen molar-refractivity contribution in [3.63, 3.8) is 0 Å². The molecule has 1 atom stereocenters. The topological polar surface area (TPSA) is 105 Å². The average Bonchev–Trinajstić information content (AvgIpc) is 1.99. The molecule has 0 spiro atoms. The second-order valence-electron chi connectivity index (χ2n) is 2.97. The predicted molar refractivity (Wildman–Crippen MR) is 47.8 cm³/mol. The SMILES string of the molecule is CC1(OC(=O)O)CC=CC(OC(=O)O)=N1. The number of ether oxygens (including phenoxy) is 2. The maximum absolute atomic E-state index is 10.3. The lowest BCUT2D eigenvalue weighted by Crippen LogP contribution is -2.32. The van der Waals surface area contributed by atoms with Crippen molar-refractivity contribution in [1.82, 2.24) is 0 Å². The Labute approximate surface area is 84.6 Å². The minimum absolute atomic E-state index is 0.197. The van der Waals surface area contributed by atoms with Crippen molar-refractivity contribution < 1.29 is 29.3 Å². The van der Waals surface area contributed by atoms with Gasteiger partial charge < -0.3 is 19.7 Å². The van der Waals surface area contributed by atoms with Gasteiger partial charge in [0.1, 0.15) is 0 Å². The van der Waals surface area contributed by atoms with E-state index in [4.69, 9.17) is 10.2 Å². The zero-order valence-corrected chi connectivity index (χ0v) is 7.84. The van der Waals surface area contributed by atoms with E-state index in [-0.39, 0.29) is 12.3 Å². The van der Waals surface area contributed by atoms with Crippen LogP contribution in [0.15, 0.2) is 17.1 Å². The summed E-state index contributed by atoms with van der Waals surface area (Å²) in [4.78, 5) is 24.3. The summed E-state index contributed by atoms with van der Waals surface area (Å²) in [5.41, 5.74) is -1.33. The first-order chi connectivity index (χ1) is 6.91. The van der Waals surface area contributed by atoms with Crippen LogP contribution in [0, 0.1) is 0 Å². The van der Waals surface area contributed by atoms with E-state index < -0.39 is 18.0 Å². The molecule has 1 rings (SSSR count). The number of hydrogen-bond donors (Lipinski definition) is 2. The number of carbonyl (C=O) groups is 2. The lowest BCUT2D eigenvalue weighted by atomic mass is 10.1. The van der Waals surface area contributed by atoms with Crippen molar-refractivity contribution in [2.75, 3.05) is 0 Å². The van der Waals surface area contributed by atoms with Gasteiger partial charge in [-0.2, -0.15) is 0 Å². The zero-order chi connectivity index (χ0) is 11.5. The second kappa shape index (κ2) is 3.99. The molecule has 0 amide bonds. The summed E-state index contributed by atoms with van der Waals surface area (Å²) < 4.78 is 8.77. The summed E-state index contributed by atoms with van der Waals surface area (Å²) in [5, 5.41) is 16.8. The van der Waals surface area contributed by atoms with Crippen LogP contribution in [0.1, 0.15) is 13.3 Å². The molecular weight excluding hydrogens is 206 g/mol. The van der Waals surface area contributed by atoms with Crippen LogP contribution in [0.3, 0.4) is 0 Å². The monoisotopic (exact) mass is 215 g/mol. The maximum atomic E-state index is 10.3. The van der Waals surface area contributed by atoms with Gasteiger partial charge >= 0.3 is 12.3 Å². The van der Waals surface area contributed by atoms with Crippen molar-refractivity contribution in [3.8, 4) is 0 Å². The fourth-order valence-corrected chi connectivity index (χ4v) is 1.09. The lowest BCUT2D eigenvalue weighted by molar-refractivity contribution is -0.00204. The predicted octanol–water partition coefficient (Wildman–Crippen LogP) is 1.45. The molecule has 0 saturated carbocycles. The van der Waals surface area contributed by atoms with Crippen LogP contribution in [-0.4, -0.2) is 34.1 Å². The molecule has 2 N–H and O–H groups in total. The molecule has 0 fully saturated rings. The third-order valence-corrected chi connectivity index (χ3v) is 1.60. The Bertz CT molecular complexity index is 347. The molecule has 0 aromatic rings. The van der Waals surface area contributed by atoms with Crippen LogP contribution < -0.4 is 0 Å². The summed E-state index contributed by atoms with van der Waals surface area (Å²) in [6.45, 7) is 1.41. The molecule has 7 heteroatoms. The summed E-state index contributed by atoms with van der Waals surface area (Å²) in [6, 6.07) is 0. The largest absolute Gasteiger partial charge is 0.512 e. The van der Waals surface area contributed by atoms with Gasteiger partial charge in [-0.25, -0.2) is 14.6 Å². The number of carboxylic acid groups (broad SMARTS) is 2. The molecule has 0 saturated heterocycles. The highest BCUT2D eigenvalue weighted by atomic mass is 16.7. The Morgan fingerprint density at radius 3 is 2.67 bits per heavy atom. The minimum Gasteiger partial charge on any atom is -0.450 e. The van der Waals surface area contributed by atoms with Gasteiger partial charge in [0, 0.05) is 6.42 Å². The Kier molecular flexibility index (Phi) is 2.93. The van der Waals surface area contributed by atoms with Crippen LogP contribution >= 0.6 is 0 Å². The van der Waals surface area contributed by atoms with Crippen molar-refractivity contribution in [2.45, 2.75) is 19.1 Å².